The average Bonchev–Trinajstić information content (AvgIpc) is 2.93. The number of hydrogen-bond donors (Lipinski definition) is 2. The molecule has 2 N–H and O–H groups in total. The first-order valence-corrected chi connectivity index (χ1v) is 12.0. The van der Waals surface area contributed by atoms with Crippen LogP contribution < -0.4 is 24.8 Å². The van der Waals surface area contributed by atoms with Crippen molar-refractivity contribution in [3.8, 4) is 17.2 Å². The van der Waals surface area contributed by atoms with Crippen LogP contribution in [-0.4, -0.2) is 32.2 Å². The molecule has 0 saturated carbocycles. The summed E-state index contributed by atoms with van der Waals surface area (Å²) in [5.74, 6) is 1.76. The Morgan fingerprint density at radius 2 is 1.64 bits per heavy atom. The average molecular weight is 484 g/mol. The van der Waals surface area contributed by atoms with Gasteiger partial charge in [0.2, 0.25) is 0 Å². The van der Waals surface area contributed by atoms with E-state index in [9.17, 15) is 4.79 Å². The van der Waals surface area contributed by atoms with E-state index < -0.39 is 0 Å². The topological polar surface area (TPSA) is 81.7 Å². The van der Waals surface area contributed by atoms with Crippen molar-refractivity contribution in [1.82, 2.24) is 4.98 Å². The van der Waals surface area contributed by atoms with Gasteiger partial charge in [-0.1, -0.05) is 6.07 Å². The maximum Gasteiger partial charge on any atom is 0.255 e. The maximum absolute atomic E-state index is 12.9. The molecule has 184 valence electrons. The third-order valence-electron chi connectivity index (χ3n) is 6.50. The summed E-state index contributed by atoms with van der Waals surface area (Å²) in [5.41, 5.74) is 6.37. The number of nitrogens with one attached hydrogen (secondary N) is 2. The highest BCUT2D eigenvalue weighted by Gasteiger charge is 2.20. The SMILES string of the molecule is COc1cccc(C(=O)Nc2ccc3nc4c(c(Nc5ccc(OC)c(OC)c5)c3c2)CCCC4)c1. The number of rotatable bonds is 7. The molecule has 36 heavy (non-hydrogen) atoms. The molecule has 0 spiro atoms. The number of fused-ring (bicyclic) bond motifs is 2. The van der Waals surface area contributed by atoms with Gasteiger partial charge in [0, 0.05) is 34.1 Å². The van der Waals surface area contributed by atoms with Gasteiger partial charge in [-0.05, 0) is 79.8 Å². The second kappa shape index (κ2) is 10.2. The molecule has 1 aromatic heterocycles. The molecule has 1 aliphatic rings. The van der Waals surface area contributed by atoms with Gasteiger partial charge in [-0.15, -0.1) is 0 Å². The van der Waals surface area contributed by atoms with Crippen LogP contribution in [0.1, 0.15) is 34.5 Å². The van der Waals surface area contributed by atoms with Gasteiger partial charge in [0.15, 0.2) is 11.5 Å². The van der Waals surface area contributed by atoms with E-state index in [1.54, 1.807) is 39.5 Å². The van der Waals surface area contributed by atoms with Crippen molar-refractivity contribution in [2.45, 2.75) is 25.7 Å². The number of pyridine rings is 1. The third kappa shape index (κ3) is 4.64. The Kier molecular flexibility index (Phi) is 6.62. The van der Waals surface area contributed by atoms with E-state index in [1.165, 1.54) is 5.56 Å². The molecule has 1 aliphatic carbocycles. The molecule has 7 nitrogen and oxygen atoms in total. The Morgan fingerprint density at radius 1 is 0.833 bits per heavy atom. The van der Waals surface area contributed by atoms with Crippen LogP contribution in [0.25, 0.3) is 10.9 Å². The van der Waals surface area contributed by atoms with Gasteiger partial charge in [0.1, 0.15) is 5.75 Å². The number of anilines is 3. The fourth-order valence-electron chi connectivity index (χ4n) is 4.67. The summed E-state index contributed by atoms with van der Waals surface area (Å²) < 4.78 is 16.2. The van der Waals surface area contributed by atoms with Gasteiger partial charge in [-0.3, -0.25) is 9.78 Å². The van der Waals surface area contributed by atoms with Crippen LogP contribution >= 0.6 is 0 Å². The summed E-state index contributed by atoms with van der Waals surface area (Å²) in [6.07, 6.45) is 4.16. The smallest absolute Gasteiger partial charge is 0.255 e. The number of carbonyl (C=O) groups is 1. The van der Waals surface area contributed by atoms with Gasteiger partial charge in [0.25, 0.3) is 5.91 Å². The van der Waals surface area contributed by atoms with Gasteiger partial charge in [-0.2, -0.15) is 0 Å². The highest BCUT2D eigenvalue weighted by atomic mass is 16.5. The number of nitrogens with zero attached hydrogens (tertiary/aromatic N) is 1. The van der Waals surface area contributed by atoms with Crippen molar-refractivity contribution in [2.24, 2.45) is 0 Å². The molecule has 0 fully saturated rings. The van der Waals surface area contributed by atoms with Gasteiger partial charge in [-0.25, -0.2) is 0 Å². The minimum absolute atomic E-state index is 0.200. The number of methoxy groups -OCH3 is 3. The molecule has 5 rings (SSSR count). The fourth-order valence-corrected chi connectivity index (χ4v) is 4.67. The van der Waals surface area contributed by atoms with E-state index >= 15 is 0 Å². The Morgan fingerprint density at radius 3 is 2.44 bits per heavy atom. The third-order valence-corrected chi connectivity index (χ3v) is 6.50. The van der Waals surface area contributed by atoms with E-state index in [2.05, 4.69) is 10.6 Å². The molecule has 4 aromatic rings. The highest BCUT2D eigenvalue weighted by molar-refractivity contribution is 6.06. The van der Waals surface area contributed by atoms with Crippen molar-refractivity contribution in [2.75, 3.05) is 32.0 Å². The number of hydrogen-bond acceptors (Lipinski definition) is 6. The Labute approximate surface area is 210 Å². The lowest BCUT2D eigenvalue weighted by molar-refractivity contribution is 0.102. The first-order chi connectivity index (χ1) is 17.6. The fraction of sp³-hybridized carbons (Fsp3) is 0.241. The lowest BCUT2D eigenvalue weighted by Crippen LogP contribution is -2.13. The van der Waals surface area contributed by atoms with Crippen LogP contribution in [0.15, 0.2) is 60.7 Å². The zero-order valence-electron chi connectivity index (χ0n) is 20.7. The molecule has 0 bridgehead atoms. The zero-order valence-corrected chi connectivity index (χ0v) is 20.7. The summed E-state index contributed by atoms with van der Waals surface area (Å²) in [6.45, 7) is 0. The molecule has 1 heterocycles. The van der Waals surface area contributed by atoms with E-state index in [0.717, 1.165) is 53.7 Å². The monoisotopic (exact) mass is 483 g/mol. The number of ether oxygens (including phenoxy) is 3. The standard InChI is InChI=1S/C29H29N3O4/c1-34-21-8-6-7-18(15-21)29(33)31-19-11-13-25-23(16-19)28(22-9-4-5-10-24(22)32-25)30-20-12-14-26(35-2)27(17-20)36-3/h6-8,11-17H,4-5,9-10H2,1-3H3,(H,30,32)(H,31,33). The van der Waals surface area contributed by atoms with Crippen molar-refractivity contribution < 1.29 is 19.0 Å². The molecule has 0 unspecified atom stereocenters. The minimum atomic E-state index is -0.200. The van der Waals surface area contributed by atoms with Crippen LogP contribution in [0.2, 0.25) is 0 Å². The van der Waals surface area contributed by atoms with E-state index in [0.29, 0.717) is 28.5 Å². The van der Waals surface area contributed by atoms with Crippen LogP contribution in [0.4, 0.5) is 17.1 Å². The molecular weight excluding hydrogens is 454 g/mol. The molecule has 3 aromatic carbocycles. The second-order valence-corrected chi connectivity index (χ2v) is 8.73. The first-order valence-electron chi connectivity index (χ1n) is 12.0. The van der Waals surface area contributed by atoms with E-state index in [4.69, 9.17) is 19.2 Å². The number of benzene rings is 3. The molecule has 7 heteroatoms. The Balaban J connectivity index is 1.54. The molecule has 0 aliphatic heterocycles. The van der Waals surface area contributed by atoms with Crippen LogP contribution in [0.5, 0.6) is 17.2 Å². The van der Waals surface area contributed by atoms with Crippen LogP contribution in [-0.2, 0) is 12.8 Å². The number of carbonyl (C=O) groups excluding carboxylic acids is 1. The maximum atomic E-state index is 12.9. The lowest BCUT2D eigenvalue weighted by atomic mass is 9.92. The molecule has 0 radical (unpaired) electrons. The number of amides is 1. The van der Waals surface area contributed by atoms with E-state index in [1.807, 2.05) is 42.5 Å². The summed E-state index contributed by atoms with van der Waals surface area (Å²) in [5, 5.41) is 7.60. The first kappa shape index (κ1) is 23.5. The van der Waals surface area contributed by atoms with Gasteiger partial charge in [0.05, 0.1) is 32.5 Å². The number of aromatic nitrogens is 1. The van der Waals surface area contributed by atoms with Crippen molar-refractivity contribution in [1.29, 1.82) is 0 Å². The van der Waals surface area contributed by atoms with Crippen molar-refractivity contribution >= 4 is 33.9 Å². The Hall–Kier alpha value is -4.26. The second-order valence-electron chi connectivity index (χ2n) is 8.73. The Bertz CT molecular complexity index is 1430. The summed E-state index contributed by atoms with van der Waals surface area (Å²) >= 11 is 0. The quantitative estimate of drug-likeness (QED) is 0.329. The van der Waals surface area contributed by atoms with Crippen molar-refractivity contribution in [3.63, 3.8) is 0 Å². The zero-order chi connectivity index (χ0) is 25.1. The number of aryl methyl sites for hydroxylation is 1. The predicted octanol–water partition coefficient (Wildman–Crippen LogP) is 6.14. The minimum Gasteiger partial charge on any atom is -0.497 e. The summed E-state index contributed by atoms with van der Waals surface area (Å²) in [6, 6.07) is 18.7. The van der Waals surface area contributed by atoms with Gasteiger partial charge >= 0.3 is 0 Å². The largest absolute Gasteiger partial charge is 0.497 e. The molecular formula is C29H29N3O4. The normalized spacial score (nSPS) is 12.5. The molecule has 0 atom stereocenters. The van der Waals surface area contributed by atoms with Crippen molar-refractivity contribution in [3.05, 3.63) is 77.5 Å². The van der Waals surface area contributed by atoms with Gasteiger partial charge < -0.3 is 24.8 Å². The summed E-state index contributed by atoms with van der Waals surface area (Å²) in [4.78, 5) is 17.9. The molecule has 1 amide bonds. The lowest BCUT2D eigenvalue weighted by Gasteiger charge is -2.22. The molecule has 0 saturated heterocycles. The summed E-state index contributed by atoms with van der Waals surface area (Å²) in [7, 11) is 4.84. The van der Waals surface area contributed by atoms with Crippen LogP contribution in [0.3, 0.4) is 0 Å². The highest BCUT2D eigenvalue weighted by Crippen LogP contribution is 2.38. The van der Waals surface area contributed by atoms with Crippen LogP contribution in [0, 0.1) is 0 Å². The van der Waals surface area contributed by atoms with E-state index in [-0.39, 0.29) is 5.91 Å². The predicted molar refractivity (Wildman–Crippen MR) is 142 cm³/mol.